The quantitative estimate of drug-likeness (QED) is 0.659. The minimum Gasteiger partial charge on any atom is -0.469 e. The van der Waals surface area contributed by atoms with Gasteiger partial charge < -0.3 is 4.74 Å². The summed E-state index contributed by atoms with van der Waals surface area (Å²) in [5.74, 6) is -0.969. The lowest BCUT2D eigenvalue weighted by molar-refractivity contribution is -0.146. The molecule has 0 radical (unpaired) electrons. The Hall–Kier alpha value is -0.670. The third kappa shape index (κ3) is 3.75. The molecule has 1 atom stereocenters. The molecule has 0 aromatic heterocycles. The van der Waals surface area contributed by atoms with Crippen molar-refractivity contribution in [1.82, 2.24) is 4.31 Å². The van der Waals surface area contributed by atoms with E-state index in [-0.39, 0.29) is 36.9 Å². The van der Waals surface area contributed by atoms with Crippen LogP contribution >= 0.6 is 0 Å². The minimum atomic E-state index is -3.55. The normalized spacial score (nSPS) is 28.1. The van der Waals surface area contributed by atoms with Crippen molar-refractivity contribution in [3.05, 3.63) is 0 Å². The molecule has 0 N–H and O–H groups in total. The van der Waals surface area contributed by atoms with Gasteiger partial charge in [-0.05, 0) is 25.7 Å². The molecule has 2 rings (SSSR count). The number of carbonyl (C=O) groups excluding carboxylic acids is 1. The molecule has 9 heteroatoms. The van der Waals surface area contributed by atoms with Crippen molar-refractivity contribution in [2.45, 2.75) is 30.9 Å². The van der Waals surface area contributed by atoms with Crippen LogP contribution in [0.3, 0.4) is 0 Å². The number of carbonyl (C=O) groups is 1. The number of piperidine rings is 1. The Bertz CT molecular complexity index is 583. The number of rotatable bonds is 3. The van der Waals surface area contributed by atoms with E-state index < -0.39 is 31.0 Å². The fourth-order valence-electron chi connectivity index (χ4n) is 2.91. The lowest BCUT2D eigenvalue weighted by atomic mass is 10.0. The molecule has 2 aliphatic rings. The summed E-state index contributed by atoms with van der Waals surface area (Å²) >= 11 is 0. The van der Waals surface area contributed by atoms with Gasteiger partial charge in [0.1, 0.15) is 9.84 Å². The van der Waals surface area contributed by atoms with Gasteiger partial charge in [0.15, 0.2) is 0 Å². The summed E-state index contributed by atoms with van der Waals surface area (Å²) in [6.45, 7) is 0.525. The molecule has 2 aliphatic heterocycles. The second-order valence-corrected chi connectivity index (χ2v) is 10.1. The van der Waals surface area contributed by atoms with Crippen molar-refractivity contribution in [3.8, 4) is 0 Å². The van der Waals surface area contributed by atoms with Crippen molar-refractivity contribution in [2.75, 3.05) is 31.7 Å². The highest BCUT2D eigenvalue weighted by Crippen LogP contribution is 2.27. The predicted molar refractivity (Wildman–Crippen MR) is 76.9 cm³/mol. The maximum atomic E-state index is 12.6. The van der Waals surface area contributed by atoms with Gasteiger partial charge >= 0.3 is 5.97 Å². The molecule has 0 amide bonds. The van der Waals surface area contributed by atoms with E-state index in [1.54, 1.807) is 0 Å². The number of methoxy groups -OCH3 is 1. The van der Waals surface area contributed by atoms with E-state index in [4.69, 9.17) is 0 Å². The summed E-state index contributed by atoms with van der Waals surface area (Å²) in [5.41, 5.74) is 0. The van der Waals surface area contributed by atoms with Crippen molar-refractivity contribution >= 4 is 25.8 Å². The number of hydrogen-bond donors (Lipinski definition) is 0. The summed E-state index contributed by atoms with van der Waals surface area (Å²) in [6.07, 6.45) is 1.52. The fourth-order valence-corrected chi connectivity index (χ4v) is 6.72. The Kier molecular flexibility index (Phi) is 4.94. The van der Waals surface area contributed by atoms with Crippen LogP contribution in [0, 0.1) is 5.92 Å². The lowest BCUT2D eigenvalue weighted by Gasteiger charge is -2.34. The summed E-state index contributed by atoms with van der Waals surface area (Å²) in [5, 5.41) is -0.655. The first-order valence-electron chi connectivity index (χ1n) is 7.03. The van der Waals surface area contributed by atoms with Crippen LogP contribution in [-0.2, 0) is 29.4 Å². The highest BCUT2D eigenvalue weighted by Gasteiger charge is 2.39. The van der Waals surface area contributed by atoms with Gasteiger partial charge in [0.2, 0.25) is 10.0 Å². The highest BCUT2D eigenvalue weighted by atomic mass is 32.2. The van der Waals surface area contributed by atoms with E-state index in [0.717, 1.165) is 0 Å². The molecule has 0 spiro atoms. The monoisotopic (exact) mass is 339 g/mol. The zero-order chi connectivity index (χ0) is 15.7. The molecule has 0 aromatic rings. The van der Waals surface area contributed by atoms with Crippen LogP contribution in [0.1, 0.15) is 25.7 Å². The highest BCUT2D eigenvalue weighted by molar-refractivity contribution is 7.92. The summed E-state index contributed by atoms with van der Waals surface area (Å²) in [7, 11) is -5.35. The molecule has 0 aliphatic carbocycles. The van der Waals surface area contributed by atoms with Crippen LogP contribution < -0.4 is 0 Å². The number of nitrogens with zero attached hydrogens (tertiary/aromatic N) is 1. The molecular weight excluding hydrogens is 318 g/mol. The number of hydrogen-bond acceptors (Lipinski definition) is 6. The molecule has 2 heterocycles. The van der Waals surface area contributed by atoms with E-state index >= 15 is 0 Å². The van der Waals surface area contributed by atoms with Crippen LogP contribution in [0.25, 0.3) is 0 Å². The summed E-state index contributed by atoms with van der Waals surface area (Å²) in [4.78, 5) is 11.6. The molecule has 122 valence electrons. The average molecular weight is 339 g/mol. The maximum absolute atomic E-state index is 12.6. The molecule has 2 saturated heterocycles. The standard InChI is InChI=1S/C12H21NO6S2/c1-19-12(14)10-3-2-6-13(9-10)21(17,18)11-4-7-20(15,16)8-5-11/h10-11H,2-9H2,1H3. The molecule has 21 heavy (non-hydrogen) atoms. The van der Waals surface area contributed by atoms with Crippen LogP contribution in [0.2, 0.25) is 0 Å². The van der Waals surface area contributed by atoms with Gasteiger partial charge in [-0.25, -0.2) is 21.1 Å². The van der Waals surface area contributed by atoms with E-state index in [2.05, 4.69) is 4.74 Å². The first-order chi connectivity index (χ1) is 9.76. The Morgan fingerprint density at radius 2 is 1.81 bits per heavy atom. The second kappa shape index (κ2) is 6.21. The van der Waals surface area contributed by atoms with Gasteiger partial charge in [-0.2, -0.15) is 0 Å². The Morgan fingerprint density at radius 3 is 2.38 bits per heavy atom. The van der Waals surface area contributed by atoms with E-state index in [0.29, 0.717) is 19.4 Å². The Labute approximate surface area is 125 Å². The zero-order valence-corrected chi connectivity index (χ0v) is 13.7. The SMILES string of the molecule is COC(=O)C1CCCN(S(=O)(=O)C2CCS(=O)(=O)CC2)C1. The molecule has 0 saturated carbocycles. The topological polar surface area (TPSA) is 97.8 Å². The number of esters is 1. The van der Waals surface area contributed by atoms with Gasteiger partial charge in [-0.15, -0.1) is 0 Å². The minimum absolute atomic E-state index is 0.0782. The van der Waals surface area contributed by atoms with Crippen LogP contribution in [0.5, 0.6) is 0 Å². The Balaban J connectivity index is 2.07. The molecule has 1 unspecified atom stereocenters. The third-order valence-electron chi connectivity index (χ3n) is 4.20. The number of sulfone groups is 1. The van der Waals surface area contributed by atoms with Crippen LogP contribution in [-0.4, -0.2) is 64.1 Å². The van der Waals surface area contributed by atoms with E-state index in [1.807, 2.05) is 0 Å². The van der Waals surface area contributed by atoms with Crippen molar-refractivity contribution in [3.63, 3.8) is 0 Å². The maximum Gasteiger partial charge on any atom is 0.309 e. The van der Waals surface area contributed by atoms with Crippen molar-refractivity contribution in [2.24, 2.45) is 5.92 Å². The van der Waals surface area contributed by atoms with Crippen LogP contribution in [0.15, 0.2) is 0 Å². The average Bonchev–Trinajstić information content (AvgIpc) is 2.46. The van der Waals surface area contributed by atoms with Gasteiger partial charge in [0, 0.05) is 13.1 Å². The van der Waals surface area contributed by atoms with E-state index in [9.17, 15) is 21.6 Å². The number of sulfonamides is 1. The fraction of sp³-hybridized carbons (Fsp3) is 0.917. The smallest absolute Gasteiger partial charge is 0.309 e. The zero-order valence-electron chi connectivity index (χ0n) is 12.0. The van der Waals surface area contributed by atoms with Crippen molar-refractivity contribution in [1.29, 1.82) is 0 Å². The van der Waals surface area contributed by atoms with Crippen LogP contribution in [0.4, 0.5) is 0 Å². The van der Waals surface area contributed by atoms with Gasteiger partial charge in [0.25, 0.3) is 0 Å². The molecule has 7 nitrogen and oxygen atoms in total. The first-order valence-corrected chi connectivity index (χ1v) is 10.4. The summed E-state index contributed by atoms with van der Waals surface area (Å²) < 4.78 is 54.0. The number of ether oxygens (including phenoxy) is 1. The van der Waals surface area contributed by atoms with Gasteiger partial charge in [0.05, 0.1) is 29.8 Å². The molecular formula is C12H21NO6S2. The van der Waals surface area contributed by atoms with Crippen molar-refractivity contribution < 1.29 is 26.4 Å². The van der Waals surface area contributed by atoms with Gasteiger partial charge in [-0.1, -0.05) is 0 Å². The van der Waals surface area contributed by atoms with E-state index in [1.165, 1.54) is 11.4 Å². The molecule has 2 fully saturated rings. The van der Waals surface area contributed by atoms with Gasteiger partial charge in [-0.3, -0.25) is 4.79 Å². The molecule has 0 bridgehead atoms. The lowest BCUT2D eigenvalue weighted by Crippen LogP contribution is -2.48. The summed E-state index contributed by atoms with van der Waals surface area (Å²) in [6, 6.07) is 0. The largest absolute Gasteiger partial charge is 0.469 e. The Morgan fingerprint density at radius 1 is 1.19 bits per heavy atom. The predicted octanol–water partition coefficient (Wildman–Crippen LogP) is -0.222. The third-order valence-corrected chi connectivity index (χ3v) is 8.28. The second-order valence-electron chi connectivity index (χ2n) is 5.62. The molecule has 0 aromatic carbocycles. The first kappa shape index (κ1) is 16.7.